The van der Waals surface area contributed by atoms with E-state index >= 15 is 0 Å². The highest BCUT2D eigenvalue weighted by Crippen LogP contribution is 2.63. The molecular formula is C46H54N2O6S. The summed E-state index contributed by atoms with van der Waals surface area (Å²) in [6.07, 6.45) is 9.96. The van der Waals surface area contributed by atoms with Crippen LogP contribution in [0, 0.1) is 24.7 Å². The number of hydrogen-bond acceptors (Lipinski definition) is 9. The number of thioether (sulfide) groups is 1. The van der Waals surface area contributed by atoms with E-state index in [-0.39, 0.29) is 42.1 Å². The third-order valence-electron chi connectivity index (χ3n) is 11.3. The van der Waals surface area contributed by atoms with E-state index in [0.29, 0.717) is 26.2 Å². The molecule has 3 aliphatic rings. The van der Waals surface area contributed by atoms with Gasteiger partial charge in [-0.15, -0.1) is 18.3 Å². The van der Waals surface area contributed by atoms with Crippen LogP contribution in [0.2, 0.25) is 0 Å². The van der Waals surface area contributed by atoms with Crippen molar-refractivity contribution in [2.75, 3.05) is 26.4 Å². The number of hydrogen-bond donors (Lipinski definition) is 2. The van der Waals surface area contributed by atoms with Gasteiger partial charge in [-0.1, -0.05) is 66.5 Å². The number of unbranched alkanes of at least 4 members (excludes halogenated alkanes) is 2. The molecule has 0 spiro atoms. The van der Waals surface area contributed by atoms with Gasteiger partial charge in [0, 0.05) is 41.7 Å². The van der Waals surface area contributed by atoms with Gasteiger partial charge in [-0.25, -0.2) is 0 Å². The normalized spacial score (nSPS) is 24.8. The van der Waals surface area contributed by atoms with Crippen molar-refractivity contribution >= 4 is 28.2 Å². The van der Waals surface area contributed by atoms with E-state index in [1.54, 1.807) is 11.8 Å². The molecule has 6 unspecified atom stereocenters. The van der Waals surface area contributed by atoms with Crippen molar-refractivity contribution in [1.82, 2.24) is 4.98 Å². The van der Waals surface area contributed by atoms with E-state index in [1.807, 2.05) is 44.2 Å². The highest BCUT2D eigenvalue weighted by molar-refractivity contribution is 8.00. The minimum atomic E-state index is -1.06. The lowest BCUT2D eigenvalue weighted by atomic mass is 9.56. The number of aromatic nitrogens is 1. The lowest BCUT2D eigenvalue weighted by Gasteiger charge is -2.58. The quantitative estimate of drug-likeness (QED) is 0.0587. The molecule has 2 N–H and O–H groups in total. The van der Waals surface area contributed by atoms with Gasteiger partial charge >= 0.3 is 0 Å². The Kier molecular flexibility index (Phi) is 12.9. The molecule has 9 heteroatoms. The Bertz CT molecular complexity index is 2000. The first kappa shape index (κ1) is 39.1. The van der Waals surface area contributed by atoms with Crippen LogP contribution in [0.5, 0.6) is 11.5 Å². The molecule has 7 rings (SSSR count). The van der Waals surface area contributed by atoms with Crippen LogP contribution in [0.4, 0.5) is 0 Å². The summed E-state index contributed by atoms with van der Waals surface area (Å²) in [4.78, 5) is 11.7. The van der Waals surface area contributed by atoms with Crippen LogP contribution in [0.25, 0.3) is 10.8 Å². The van der Waals surface area contributed by atoms with E-state index in [9.17, 15) is 10.2 Å². The van der Waals surface area contributed by atoms with Crippen LogP contribution in [-0.4, -0.2) is 58.4 Å². The first-order chi connectivity index (χ1) is 27.0. The summed E-state index contributed by atoms with van der Waals surface area (Å²) < 4.78 is 20.9. The van der Waals surface area contributed by atoms with Crippen LogP contribution in [-0.2, 0) is 16.2 Å². The largest absolute Gasteiger partial charge is 0.487 e. The topological polar surface area (TPSA) is 103 Å². The van der Waals surface area contributed by atoms with Gasteiger partial charge in [0.1, 0.15) is 24.7 Å². The third kappa shape index (κ3) is 8.50. The van der Waals surface area contributed by atoms with Crippen molar-refractivity contribution in [2.24, 2.45) is 22.9 Å². The van der Waals surface area contributed by atoms with Gasteiger partial charge in [0.2, 0.25) is 5.79 Å². The number of nitrogens with zero attached hydrogens (tertiary/aromatic N) is 2. The summed E-state index contributed by atoms with van der Waals surface area (Å²) in [5, 5.41) is 26.7. The second-order valence-corrected chi connectivity index (χ2v) is 16.1. The molecule has 4 aromatic rings. The van der Waals surface area contributed by atoms with Gasteiger partial charge in [0.05, 0.1) is 29.2 Å². The van der Waals surface area contributed by atoms with Crippen molar-refractivity contribution in [3.8, 4) is 11.5 Å². The van der Waals surface area contributed by atoms with Gasteiger partial charge in [-0.05, 0) is 110 Å². The van der Waals surface area contributed by atoms with Crippen molar-refractivity contribution in [1.29, 1.82) is 0 Å². The molecule has 0 saturated heterocycles. The second-order valence-electron chi connectivity index (χ2n) is 14.8. The minimum absolute atomic E-state index is 0.0149. The number of pyridine rings is 1. The Morgan fingerprint density at radius 2 is 1.78 bits per heavy atom. The van der Waals surface area contributed by atoms with Crippen LogP contribution in [0.1, 0.15) is 74.7 Å². The monoisotopic (exact) mass is 762 g/mol. The molecule has 55 heavy (non-hydrogen) atoms. The molecule has 0 amide bonds. The first-order valence-electron chi connectivity index (χ1n) is 19.9. The van der Waals surface area contributed by atoms with E-state index in [0.717, 1.165) is 83.2 Å². The van der Waals surface area contributed by atoms with Gasteiger partial charge in [-0.3, -0.25) is 4.98 Å². The summed E-state index contributed by atoms with van der Waals surface area (Å²) in [6.45, 7) is 9.48. The maximum Gasteiger partial charge on any atom is 0.231 e. The fraction of sp³-hybridized carbons (Fsp3) is 0.435. The smallest absolute Gasteiger partial charge is 0.231 e. The lowest BCUT2D eigenvalue weighted by molar-refractivity contribution is -0.223. The number of rotatable bonds is 18. The highest BCUT2D eigenvalue weighted by atomic mass is 32.2. The maximum atomic E-state index is 9.92. The summed E-state index contributed by atoms with van der Waals surface area (Å²) in [5.41, 5.74) is 4.96. The number of allylic oxidation sites excluding steroid dienone is 1. The van der Waals surface area contributed by atoms with Gasteiger partial charge in [-0.2, -0.15) is 0 Å². The maximum absolute atomic E-state index is 9.92. The van der Waals surface area contributed by atoms with E-state index < -0.39 is 5.79 Å². The third-order valence-corrected chi connectivity index (χ3v) is 12.6. The van der Waals surface area contributed by atoms with Crippen LogP contribution < -0.4 is 9.47 Å². The number of benzene rings is 3. The van der Waals surface area contributed by atoms with Gasteiger partial charge < -0.3 is 29.3 Å². The van der Waals surface area contributed by atoms with Crippen molar-refractivity contribution in [3.05, 3.63) is 120 Å². The molecule has 2 heterocycles. The Labute approximate surface area is 329 Å². The predicted octanol–water partition coefficient (Wildman–Crippen LogP) is 9.57. The molecule has 6 atom stereocenters. The van der Waals surface area contributed by atoms with Crippen LogP contribution in [0.3, 0.4) is 0 Å². The highest BCUT2D eigenvalue weighted by Gasteiger charge is 2.64. The molecule has 1 fully saturated rings. The van der Waals surface area contributed by atoms with Crippen molar-refractivity contribution in [2.45, 2.75) is 87.3 Å². The molecule has 290 valence electrons. The number of aryl methyl sites for hydroxylation is 1. The molecule has 0 radical (unpaired) electrons. The average molecular weight is 763 g/mol. The van der Waals surface area contributed by atoms with Gasteiger partial charge in [0.15, 0.2) is 0 Å². The Hall–Kier alpha value is -4.15. The molecule has 1 saturated carbocycles. The summed E-state index contributed by atoms with van der Waals surface area (Å²) in [5.74, 6) is 0.684. The molecular weight excluding hydrogens is 709 g/mol. The zero-order chi connectivity index (χ0) is 38.2. The number of ether oxygens (including phenoxy) is 3. The second kappa shape index (κ2) is 18.2. The van der Waals surface area contributed by atoms with E-state index in [2.05, 4.69) is 72.2 Å². The fourth-order valence-corrected chi connectivity index (χ4v) is 10.2. The summed E-state index contributed by atoms with van der Waals surface area (Å²) >= 11 is 1.77. The van der Waals surface area contributed by atoms with Crippen molar-refractivity contribution in [3.63, 3.8) is 0 Å². The van der Waals surface area contributed by atoms with Crippen LogP contribution in [0.15, 0.2) is 113 Å². The molecule has 0 bridgehead atoms. The SMILES string of the molecule is C=CCOC12Oc3ccc(OCc4cccc(C)n4)cc3C3C(CCCCO)C(CCCCO)C=C(C(=NOCC)CC1Sc1ccc4ccccc4c1)C32. The molecule has 1 aromatic heterocycles. The number of aliphatic hydroxyl groups is 2. The standard InChI is InChI=1S/C46H54N2O6S/c1-4-25-52-46-43(55-37-21-19-32-14-6-7-15-33(32)26-37)29-41(48-53-5-2)39-27-34(16-8-10-23-49)38(18-9-11-24-50)44(45(39)46)40-28-36(20-22-42(40)54-46)51-30-35-17-12-13-31(3)47-35/h4,6-7,12-15,17,19-22,26-28,34,38,43-45,49-50H,1,5,8-11,16,18,23-25,29-30H2,2-3H3. The summed E-state index contributed by atoms with van der Waals surface area (Å²) in [7, 11) is 0. The fourth-order valence-electron chi connectivity index (χ4n) is 8.90. The number of fused-ring (bicyclic) bond motifs is 3. The first-order valence-corrected chi connectivity index (χ1v) is 20.8. The predicted molar refractivity (Wildman–Crippen MR) is 220 cm³/mol. The van der Waals surface area contributed by atoms with Crippen LogP contribution >= 0.6 is 11.8 Å². The zero-order valence-electron chi connectivity index (χ0n) is 32.1. The number of oxime groups is 1. The minimum Gasteiger partial charge on any atom is -0.487 e. The summed E-state index contributed by atoms with van der Waals surface area (Å²) in [6, 6.07) is 27.2. The van der Waals surface area contributed by atoms with Gasteiger partial charge in [0.25, 0.3) is 0 Å². The van der Waals surface area contributed by atoms with E-state index in [4.69, 9.17) is 24.2 Å². The molecule has 8 nitrogen and oxygen atoms in total. The Morgan fingerprint density at radius 1 is 0.964 bits per heavy atom. The molecule has 3 aromatic carbocycles. The Balaban J connectivity index is 1.38. The molecule has 1 aliphatic heterocycles. The zero-order valence-corrected chi connectivity index (χ0v) is 32.9. The lowest BCUT2D eigenvalue weighted by Crippen LogP contribution is -2.64. The van der Waals surface area contributed by atoms with E-state index in [1.165, 1.54) is 10.8 Å². The number of aliphatic hydroxyl groups excluding tert-OH is 2. The average Bonchev–Trinajstić information content (AvgIpc) is 3.20. The van der Waals surface area contributed by atoms with Crippen molar-refractivity contribution < 1.29 is 29.3 Å². The molecule has 2 aliphatic carbocycles. The Morgan fingerprint density at radius 3 is 2.56 bits per heavy atom.